The molecule has 1 aliphatic rings. The van der Waals surface area contributed by atoms with Crippen molar-refractivity contribution >= 4 is 27.6 Å². The van der Waals surface area contributed by atoms with Gasteiger partial charge in [-0.3, -0.25) is 4.79 Å². The molecule has 0 bridgehead atoms. The number of hydrogen-bond donors (Lipinski definition) is 1. The Morgan fingerprint density at radius 2 is 1.83 bits per heavy atom. The molecule has 0 aliphatic carbocycles. The van der Waals surface area contributed by atoms with Gasteiger partial charge in [0.1, 0.15) is 11.5 Å². The topological polar surface area (TPSA) is 110 Å². The van der Waals surface area contributed by atoms with Gasteiger partial charge in [0.25, 0.3) is 5.91 Å². The van der Waals surface area contributed by atoms with Gasteiger partial charge in [0.15, 0.2) is 11.5 Å². The highest BCUT2D eigenvalue weighted by Crippen LogP contribution is 2.29. The third kappa shape index (κ3) is 4.21. The number of carbonyl (C=O) groups is 1. The number of rotatable bonds is 5. The second-order valence-electron chi connectivity index (χ2n) is 6.14. The zero-order valence-corrected chi connectivity index (χ0v) is 17.1. The van der Waals surface area contributed by atoms with Crippen LogP contribution in [-0.4, -0.2) is 50.6 Å². The summed E-state index contributed by atoms with van der Waals surface area (Å²) in [4.78, 5) is 17.0. The van der Waals surface area contributed by atoms with Crippen LogP contribution in [-0.2, 0) is 15.0 Å². The summed E-state index contributed by atoms with van der Waals surface area (Å²) in [6.45, 7) is 1.79. The van der Waals surface area contributed by atoms with E-state index >= 15 is 0 Å². The van der Waals surface area contributed by atoms with Gasteiger partial charge in [-0.1, -0.05) is 6.07 Å². The van der Waals surface area contributed by atoms with Gasteiger partial charge in [0, 0.05) is 18.3 Å². The Balaban J connectivity index is 2.00. The Morgan fingerprint density at radius 3 is 2.48 bits per heavy atom. The average Bonchev–Trinajstić information content (AvgIpc) is 2.69. The van der Waals surface area contributed by atoms with Gasteiger partial charge in [0.2, 0.25) is 0 Å². The number of allylic oxidation sites excluding steroid dienone is 1. The summed E-state index contributed by atoms with van der Waals surface area (Å²) >= 11 is 0. The van der Waals surface area contributed by atoms with Gasteiger partial charge < -0.3 is 14.8 Å². The maximum atomic E-state index is 12.8. The smallest absolute Gasteiger partial charge is 0.345 e. The number of pyridine rings is 1. The van der Waals surface area contributed by atoms with Crippen LogP contribution in [0, 0.1) is 6.92 Å². The van der Waals surface area contributed by atoms with Crippen molar-refractivity contribution in [1.29, 1.82) is 0 Å². The fourth-order valence-corrected chi connectivity index (χ4v) is 3.60. The summed E-state index contributed by atoms with van der Waals surface area (Å²) < 4.78 is 40.1. The lowest BCUT2D eigenvalue weighted by molar-refractivity contribution is -0.113. The zero-order chi connectivity index (χ0) is 21.2. The van der Waals surface area contributed by atoms with Gasteiger partial charge in [-0.05, 0) is 43.3 Å². The molecule has 1 aliphatic heterocycles. The number of aromatic nitrogens is 1. The molecule has 1 N–H and O–H groups in total. The molecule has 0 saturated carbocycles. The summed E-state index contributed by atoms with van der Waals surface area (Å²) in [7, 11) is 0.142. The van der Waals surface area contributed by atoms with Crippen LogP contribution in [0.5, 0.6) is 11.5 Å². The van der Waals surface area contributed by atoms with E-state index in [1.54, 1.807) is 43.3 Å². The van der Waals surface area contributed by atoms with Crippen LogP contribution in [0.1, 0.15) is 11.3 Å². The van der Waals surface area contributed by atoms with Crippen LogP contribution in [0.15, 0.2) is 52.6 Å². The molecule has 1 aromatic carbocycles. The number of likely N-dealkylation sites (N-methyl/N-ethyl adjacent to an activating group) is 1. The molecule has 29 heavy (non-hydrogen) atoms. The first-order chi connectivity index (χ1) is 13.7. The molecule has 0 unspecified atom stereocenters. The van der Waals surface area contributed by atoms with Crippen molar-refractivity contribution in [3.8, 4) is 11.5 Å². The van der Waals surface area contributed by atoms with Gasteiger partial charge >= 0.3 is 10.2 Å². The largest absolute Gasteiger partial charge is 0.493 e. The van der Waals surface area contributed by atoms with Gasteiger partial charge in [-0.15, -0.1) is 4.40 Å². The monoisotopic (exact) mass is 416 g/mol. The SMILES string of the molecule is COc1ccc(C2=NS(=O)(=O)N(C)C(C(=O)Nc3cccc(C)n3)=C2)cc1OC. The third-order valence-electron chi connectivity index (χ3n) is 4.21. The van der Waals surface area contributed by atoms with Crippen molar-refractivity contribution in [3.63, 3.8) is 0 Å². The maximum absolute atomic E-state index is 12.8. The first-order valence-electron chi connectivity index (χ1n) is 8.53. The van der Waals surface area contributed by atoms with E-state index in [9.17, 15) is 13.2 Å². The second-order valence-corrected chi connectivity index (χ2v) is 7.77. The van der Waals surface area contributed by atoms with Crippen molar-refractivity contribution in [1.82, 2.24) is 9.29 Å². The van der Waals surface area contributed by atoms with Crippen LogP contribution in [0.3, 0.4) is 0 Å². The predicted octanol–water partition coefficient (Wildman–Crippen LogP) is 1.91. The van der Waals surface area contributed by atoms with Crippen LogP contribution in [0.2, 0.25) is 0 Å². The summed E-state index contributed by atoms with van der Waals surface area (Å²) in [6.07, 6.45) is 1.40. The molecule has 1 amide bonds. The molecule has 1 aromatic heterocycles. The van der Waals surface area contributed by atoms with Crippen molar-refractivity contribution in [2.24, 2.45) is 4.40 Å². The molecule has 2 aromatic rings. The quantitative estimate of drug-likeness (QED) is 0.797. The van der Waals surface area contributed by atoms with E-state index in [1.807, 2.05) is 0 Å². The molecule has 0 saturated heterocycles. The molecule has 152 valence electrons. The Bertz CT molecular complexity index is 1130. The van der Waals surface area contributed by atoms with Crippen LogP contribution >= 0.6 is 0 Å². The molecule has 0 radical (unpaired) electrons. The molecular formula is C19H20N4O5S. The van der Waals surface area contributed by atoms with E-state index in [-0.39, 0.29) is 11.4 Å². The van der Waals surface area contributed by atoms with E-state index in [2.05, 4.69) is 14.7 Å². The van der Waals surface area contributed by atoms with Crippen molar-refractivity contribution < 1.29 is 22.7 Å². The molecule has 3 rings (SSSR count). The molecule has 0 atom stereocenters. The van der Waals surface area contributed by atoms with Crippen LogP contribution < -0.4 is 14.8 Å². The molecule has 0 spiro atoms. The van der Waals surface area contributed by atoms with E-state index in [0.29, 0.717) is 28.6 Å². The molecule has 9 nitrogen and oxygen atoms in total. The Kier molecular flexibility index (Phi) is 5.55. The fraction of sp³-hybridized carbons (Fsp3) is 0.211. The second kappa shape index (κ2) is 7.92. The number of aryl methyl sites for hydroxylation is 1. The molecular weight excluding hydrogens is 396 g/mol. The molecule has 10 heteroatoms. The lowest BCUT2D eigenvalue weighted by Crippen LogP contribution is -2.35. The fourth-order valence-electron chi connectivity index (χ4n) is 2.69. The Labute approximate surface area is 168 Å². The van der Waals surface area contributed by atoms with Gasteiger partial charge in [-0.25, -0.2) is 9.29 Å². The number of benzene rings is 1. The highest BCUT2D eigenvalue weighted by atomic mass is 32.2. The van der Waals surface area contributed by atoms with Crippen LogP contribution in [0.25, 0.3) is 0 Å². The summed E-state index contributed by atoms with van der Waals surface area (Å²) in [5.74, 6) is 0.589. The average molecular weight is 416 g/mol. The minimum absolute atomic E-state index is 0.0897. The number of amides is 1. The standard InChI is InChI=1S/C19H20N4O5S/c1-12-6-5-7-18(20-12)21-19(24)15-11-14(22-29(25,26)23(15)2)13-8-9-16(27-3)17(10-13)28-4/h5-11H,1-4H3,(H,20,21,24). The number of nitrogens with one attached hydrogen (secondary N) is 1. The Morgan fingerprint density at radius 1 is 1.10 bits per heavy atom. The van der Waals surface area contributed by atoms with Gasteiger partial charge in [-0.2, -0.15) is 8.42 Å². The summed E-state index contributed by atoms with van der Waals surface area (Å²) in [5.41, 5.74) is 1.19. The predicted molar refractivity (Wildman–Crippen MR) is 108 cm³/mol. The summed E-state index contributed by atoms with van der Waals surface area (Å²) in [6, 6.07) is 10.00. The number of nitrogens with zero attached hydrogens (tertiary/aromatic N) is 3. The first-order valence-corrected chi connectivity index (χ1v) is 9.93. The first kappa shape index (κ1) is 20.3. The number of carbonyl (C=O) groups excluding carboxylic acids is 1. The number of anilines is 1. The lowest BCUT2D eigenvalue weighted by atomic mass is 10.1. The van der Waals surface area contributed by atoms with E-state index in [0.717, 1.165) is 4.31 Å². The zero-order valence-electron chi connectivity index (χ0n) is 16.3. The number of hydrogen-bond acceptors (Lipinski definition) is 6. The summed E-state index contributed by atoms with van der Waals surface area (Å²) in [5, 5.41) is 2.61. The highest BCUT2D eigenvalue weighted by molar-refractivity contribution is 7.88. The van der Waals surface area contributed by atoms with Gasteiger partial charge in [0.05, 0.1) is 19.9 Å². The van der Waals surface area contributed by atoms with Crippen molar-refractivity contribution in [3.05, 3.63) is 59.4 Å². The van der Waals surface area contributed by atoms with Crippen molar-refractivity contribution in [2.45, 2.75) is 6.92 Å². The molecule has 2 heterocycles. The van der Waals surface area contributed by atoms with E-state index in [1.165, 1.54) is 27.3 Å². The van der Waals surface area contributed by atoms with Crippen LogP contribution in [0.4, 0.5) is 5.82 Å². The highest BCUT2D eigenvalue weighted by Gasteiger charge is 2.30. The minimum Gasteiger partial charge on any atom is -0.493 e. The number of ether oxygens (including phenoxy) is 2. The van der Waals surface area contributed by atoms with E-state index < -0.39 is 16.1 Å². The lowest BCUT2D eigenvalue weighted by Gasteiger charge is -2.23. The third-order valence-corrected chi connectivity index (χ3v) is 5.53. The Hall–Kier alpha value is -3.40. The molecule has 0 fully saturated rings. The minimum atomic E-state index is -4.09. The van der Waals surface area contributed by atoms with E-state index in [4.69, 9.17) is 9.47 Å². The number of methoxy groups -OCH3 is 2. The maximum Gasteiger partial charge on any atom is 0.345 e. The van der Waals surface area contributed by atoms with Crippen molar-refractivity contribution in [2.75, 3.05) is 26.6 Å². The normalized spacial score (nSPS) is 15.2.